The number of rotatable bonds is 9. The van der Waals surface area contributed by atoms with Crippen molar-refractivity contribution in [3.8, 4) is 147 Å². The summed E-state index contributed by atoms with van der Waals surface area (Å²) in [6.45, 7) is 0. The molecular weight excluding hydrogens is 1210 g/mol. The van der Waals surface area contributed by atoms with Crippen LogP contribution in [-0.4, -0.2) is 24.9 Å². The molecule has 2 spiro atoms. The maximum atomic E-state index is 7.17. The van der Waals surface area contributed by atoms with Crippen molar-refractivity contribution in [2.24, 2.45) is 0 Å². The van der Waals surface area contributed by atoms with Gasteiger partial charge in [0.1, 0.15) is 34.5 Å². The zero-order valence-electron chi connectivity index (χ0n) is 53.2. The molecule has 99 heavy (non-hydrogen) atoms. The second-order valence-corrected chi connectivity index (χ2v) is 25.7. The molecule has 0 saturated heterocycles. The van der Waals surface area contributed by atoms with Crippen molar-refractivity contribution < 1.29 is 13.9 Å². The zero-order chi connectivity index (χ0) is 65.2. The third kappa shape index (κ3) is 8.69. The van der Waals surface area contributed by atoms with E-state index in [1.165, 1.54) is 44.5 Å². The summed E-state index contributed by atoms with van der Waals surface area (Å²) in [5.41, 5.74) is 24.8. The number of nitrogens with zero attached hydrogens (tertiary/aromatic N) is 5. The Morgan fingerprint density at radius 2 is 0.616 bits per heavy atom. The largest absolute Gasteiger partial charge is 0.457 e. The van der Waals surface area contributed by atoms with Gasteiger partial charge in [-0.15, -0.1) is 0 Å². The normalized spacial score (nSPS) is 13.4. The average Bonchev–Trinajstić information content (AvgIpc) is 1.56. The molecule has 0 unspecified atom stereocenters. The van der Waals surface area contributed by atoms with Gasteiger partial charge in [-0.05, 0) is 153 Å². The van der Waals surface area contributed by atoms with Gasteiger partial charge in [0.25, 0.3) is 0 Å². The van der Waals surface area contributed by atoms with Crippen LogP contribution in [0.4, 0.5) is 0 Å². The van der Waals surface area contributed by atoms with Crippen LogP contribution >= 0.6 is 0 Å². The summed E-state index contributed by atoms with van der Waals surface area (Å²) in [5.74, 6) is 5.79. The standard InChI is InChI=1S/C91H55N5O3/c1-4-22-56(23-5-1)77-54-79(95-88(93-77)57-24-6-2-7-25-57)68-34-21-49-92-87(68)63-43-46-85-76(53-63)91(71-37-16-12-32-66(71)67-33-13-17-38-72(67)91)74-51-60(41-44-83(74)99-85)59-28-20-29-61(50-59)78-55-80(96-89(94-78)58-26-8-3-9-27-58)86-48-47-81(97-86)62-42-45-84-75(52-62)90(73-39-18-19-40-82(73)98-84)69-35-14-10-30-64(69)65-31-11-15-36-70(65)90/h1-55H. The molecule has 0 amide bonds. The molecule has 16 aromatic rings. The van der Waals surface area contributed by atoms with Crippen LogP contribution in [0.2, 0.25) is 0 Å². The predicted molar refractivity (Wildman–Crippen MR) is 391 cm³/mol. The van der Waals surface area contributed by atoms with Gasteiger partial charge in [-0.1, -0.05) is 231 Å². The fourth-order valence-electron chi connectivity index (χ4n) is 16.1. The molecule has 8 heteroatoms. The van der Waals surface area contributed by atoms with Crippen LogP contribution in [0.25, 0.3) is 124 Å². The topological polar surface area (TPSA) is 96.1 Å². The van der Waals surface area contributed by atoms with E-state index in [1.807, 2.05) is 85.1 Å². The first kappa shape index (κ1) is 56.2. The summed E-state index contributed by atoms with van der Waals surface area (Å²) in [4.78, 5) is 26.2. The van der Waals surface area contributed by atoms with Crippen molar-refractivity contribution in [2.75, 3.05) is 0 Å². The molecule has 4 aliphatic rings. The molecule has 0 atom stereocenters. The lowest BCUT2D eigenvalue weighted by Gasteiger charge is -2.40. The number of fused-ring (bicyclic) bond motifs is 18. The van der Waals surface area contributed by atoms with E-state index in [-0.39, 0.29) is 0 Å². The smallest absolute Gasteiger partial charge is 0.160 e. The Morgan fingerprint density at radius 1 is 0.222 bits per heavy atom. The highest BCUT2D eigenvalue weighted by molar-refractivity contribution is 5.93. The first-order valence-electron chi connectivity index (χ1n) is 33.4. The first-order chi connectivity index (χ1) is 49.0. The highest BCUT2D eigenvalue weighted by Gasteiger charge is 2.53. The second kappa shape index (κ2) is 22.2. The Kier molecular flexibility index (Phi) is 12.6. The highest BCUT2D eigenvalue weighted by atomic mass is 16.5. The molecule has 0 saturated carbocycles. The average molecular weight is 1270 g/mol. The van der Waals surface area contributed by atoms with Gasteiger partial charge < -0.3 is 13.9 Å². The van der Waals surface area contributed by atoms with Gasteiger partial charge in [0, 0.05) is 67.4 Å². The summed E-state index contributed by atoms with van der Waals surface area (Å²) in [5, 5.41) is 0. The van der Waals surface area contributed by atoms with E-state index in [2.05, 4.69) is 249 Å². The Morgan fingerprint density at radius 3 is 1.21 bits per heavy atom. The van der Waals surface area contributed by atoms with E-state index in [4.69, 9.17) is 38.8 Å². The first-order valence-corrected chi connectivity index (χ1v) is 33.4. The van der Waals surface area contributed by atoms with E-state index in [0.29, 0.717) is 28.9 Å². The van der Waals surface area contributed by atoms with Gasteiger partial charge in [0.15, 0.2) is 17.4 Å². The van der Waals surface area contributed by atoms with E-state index < -0.39 is 10.8 Å². The molecule has 0 N–H and O–H groups in total. The molecule has 6 heterocycles. The summed E-state index contributed by atoms with van der Waals surface area (Å²) in [7, 11) is 0. The van der Waals surface area contributed by atoms with E-state index in [1.54, 1.807) is 0 Å². The maximum absolute atomic E-state index is 7.17. The van der Waals surface area contributed by atoms with E-state index >= 15 is 0 Å². The number of furan rings is 1. The fourth-order valence-corrected chi connectivity index (χ4v) is 16.1. The van der Waals surface area contributed by atoms with Gasteiger partial charge in [-0.3, -0.25) is 4.98 Å². The van der Waals surface area contributed by atoms with Gasteiger partial charge in [-0.2, -0.15) is 0 Å². The van der Waals surface area contributed by atoms with Crippen LogP contribution < -0.4 is 9.47 Å². The van der Waals surface area contributed by atoms with Crippen LogP contribution in [0, 0.1) is 0 Å². The number of pyridine rings is 1. The Bertz CT molecular complexity index is 5810. The minimum Gasteiger partial charge on any atom is -0.457 e. The highest BCUT2D eigenvalue weighted by Crippen LogP contribution is 2.65. The van der Waals surface area contributed by atoms with Gasteiger partial charge in [0.05, 0.1) is 33.6 Å². The van der Waals surface area contributed by atoms with Gasteiger partial charge in [-0.25, -0.2) is 19.9 Å². The van der Waals surface area contributed by atoms with Crippen LogP contribution in [0.15, 0.2) is 338 Å². The number of aromatic nitrogens is 5. The molecule has 12 aromatic carbocycles. The number of para-hydroxylation sites is 1. The molecule has 8 nitrogen and oxygen atoms in total. The third-order valence-electron chi connectivity index (χ3n) is 20.4. The molecule has 4 aromatic heterocycles. The number of hydrogen-bond donors (Lipinski definition) is 0. The lowest BCUT2D eigenvalue weighted by atomic mass is 9.65. The lowest BCUT2D eigenvalue weighted by molar-refractivity contribution is 0.436. The van der Waals surface area contributed by atoms with Crippen molar-refractivity contribution in [2.45, 2.75) is 10.8 Å². The van der Waals surface area contributed by atoms with Crippen LogP contribution in [-0.2, 0) is 10.8 Å². The summed E-state index contributed by atoms with van der Waals surface area (Å²) < 4.78 is 21.0. The monoisotopic (exact) mass is 1270 g/mol. The third-order valence-corrected chi connectivity index (χ3v) is 20.4. The summed E-state index contributed by atoms with van der Waals surface area (Å²) >= 11 is 0. The molecule has 2 aliphatic carbocycles. The second-order valence-electron chi connectivity index (χ2n) is 25.7. The number of ether oxygens (including phenoxy) is 2. The fraction of sp³-hybridized carbons (Fsp3) is 0.0220. The quantitative estimate of drug-likeness (QED) is 0.141. The number of hydrogen-bond acceptors (Lipinski definition) is 8. The van der Waals surface area contributed by atoms with E-state index in [9.17, 15) is 0 Å². The zero-order valence-corrected chi connectivity index (χ0v) is 53.2. The molecule has 0 bridgehead atoms. The molecule has 462 valence electrons. The van der Waals surface area contributed by atoms with Crippen LogP contribution in [0.1, 0.15) is 44.5 Å². The SMILES string of the molecule is c1ccc(-c2cc(-c3cccnc3-c3ccc4c(c3)C3(c5cc(-c6cccc(-c7cc(-c8ccc(-c9ccc%10c(c9)C9(c%11ccccc%11O%10)c%10ccccc%10-c%10ccccc%109)o8)nc(-c8ccccc8)n7)c6)ccc5O4)c4ccccc4-c4ccccc43)nc(-c3ccccc3)n2)cc1. The Hall–Kier alpha value is -13.2. The van der Waals surface area contributed by atoms with E-state index in [0.717, 1.165) is 118 Å². The minimum absolute atomic E-state index is 0.588. The van der Waals surface area contributed by atoms with Gasteiger partial charge >= 0.3 is 0 Å². The van der Waals surface area contributed by atoms with Crippen molar-refractivity contribution in [1.29, 1.82) is 0 Å². The molecule has 0 fully saturated rings. The lowest BCUT2D eigenvalue weighted by Crippen LogP contribution is -2.32. The predicted octanol–water partition coefficient (Wildman–Crippen LogP) is 22.2. The number of benzene rings is 12. The molecule has 0 radical (unpaired) electrons. The Balaban J connectivity index is 0.698. The molecule has 20 rings (SSSR count). The van der Waals surface area contributed by atoms with Crippen LogP contribution in [0.3, 0.4) is 0 Å². The molecular formula is C91H55N5O3. The van der Waals surface area contributed by atoms with Crippen molar-refractivity contribution in [3.63, 3.8) is 0 Å². The van der Waals surface area contributed by atoms with Crippen molar-refractivity contribution >= 4 is 0 Å². The summed E-state index contributed by atoms with van der Waals surface area (Å²) in [6, 6.07) is 115. The maximum Gasteiger partial charge on any atom is 0.160 e. The van der Waals surface area contributed by atoms with Crippen LogP contribution in [0.5, 0.6) is 23.0 Å². The van der Waals surface area contributed by atoms with Gasteiger partial charge in [0.2, 0.25) is 0 Å². The Labute approximate surface area is 571 Å². The molecule has 2 aliphatic heterocycles. The minimum atomic E-state index is -0.800. The van der Waals surface area contributed by atoms with Crippen molar-refractivity contribution in [1.82, 2.24) is 24.9 Å². The summed E-state index contributed by atoms with van der Waals surface area (Å²) in [6.07, 6.45) is 1.87. The van der Waals surface area contributed by atoms with Crippen molar-refractivity contribution in [3.05, 3.63) is 378 Å².